The second-order valence-corrected chi connectivity index (χ2v) is 3.54. The molecule has 0 aliphatic rings. The third-order valence-electron chi connectivity index (χ3n) is 1.83. The van der Waals surface area contributed by atoms with Crippen molar-refractivity contribution in [2.45, 2.75) is 13.8 Å². The lowest BCUT2D eigenvalue weighted by molar-refractivity contribution is -0.120. The zero-order valence-corrected chi connectivity index (χ0v) is 9.65. The molecule has 0 radical (unpaired) electrons. The Balaban J connectivity index is 2.73. The van der Waals surface area contributed by atoms with Gasteiger partial charge >= 0.3 is 5.97 Å². The van der Waals surface area contributed by atoms with Crippen LogP contribution in [0.15, 0.2) is 24.3 Å². The number of carbonyl (C=O) groups excluding carboxylic acids is 3. The normalized spacial score (nSPS) is 9.53. The van der Waals surface area contributed by atoms with E-state index in [0.29, 0.717) is 5.69 Å². The van der Waals surface area contributed by atoms with Crippen LogP contribution in [-0.4, -0.2) is 24.3 Å². The maximum absolute atomic E-state index is 11.5. The van der Waals surface area contributed by atoms with Crippen molar-refractivity contribution < 1.29 is 19.1 Å². The van der Waals surface area contributed by atoms with E-state index in [0.717, 1.165) is 0 Å². The van der Waals surface area contributed by atoms with Crippen LogP contribution in [0.1, 0.15) is 24.2 Å². The molecule has 0 aromatic heterocycles. The molecule has 90 valence electrons. The highest BCUT2D eigenvalue weighted by Gasteiger charge is 2.09. The predicted octanol–water partition coefficient (Wildman–Crippen LogP) is 1.39. The van der Waals surface area contributed by atoms with Gasteiger partial charge in [-0.1, -0.05) is 6.07 Å². The Kier molecular flexibility index (Phi) is 4.39. The number of ether oxygens (including phenoxy) is 1. The van der Waals surface area contributed by atoms with E-state index >= 15 is 0 Å². The number of benzene rings is 1. The number of rotatable bonds is 4. The van der Waals surface area contributed by atoms with E-state index in [9.17, 15) is 14.4 Å². The second kappa shape index (κ2) is 5.79. The van der Waals surface area contributed by atoms with E-state index in [4.69, 9.17) is 4.74 Å². The summed E-state index contributed by atoms with van der Waals surface area (Å²) in [6, 6.07) is 6.32. The molecule has 1 N–H and O–H groups in total. The van der Waals surface area contributed by atoms with Crippen molar-refractivity contribution in [3.63, 3.8) is 0 Å². The highest BCUT2D eigenvalue weighted by Crippen LogP contribution is 2.11. The lowest BCUT2D eigenvalue weighted by Gasteiger charge is -2.05. The molecule has 0 bridgehead atoms. The van der Waals surface area contributed by atoms with Gasteiger partial charge in [-0.15, -0.1) is 0 Å². The van der Waals surface area contributed by atoms with Gasteiger partial charge in [-0.25, -0.2) is 4.79 Å². The first-order chi connectivity index (χ1) is 7.99. The number of hydrogen-bond acceptors (Lipinski definition) is 4. The summed E-state index contributed by atoms with van der Waals surface area (Å²) in [5.41, 5.74) is 0.798. The van der Waals surface area contributed by atoms with Crippen LogP contribution in [0.2, 0.25) is 0 Å². The fourth-order valence-electron chi connectivity index (χ4n) is 1.18. The van der Waals surface area contributed by atoms with Crippen LogP contribution in [0.4, 0.5) is 5.69 Å². The van der Waals surface area contributed by atoms with Gasteiger partial charge in [0, 0.05) is 12.6 Å². The Morgan fingerprint density at radius 1 is 1.24 bits per heavy atom. The molecule has 1 aromatic carbocycles. The minimum Gasteiger partial charge on any atom is -0.454 e. The molecule has 5 nitrogen and oxygen atoms in total. The molecule has 0 spiro atoms. The molecular weight excluding hydrogens is 222 g/mol. The zero-order valence-electron chi connectivity index (χ0n) is 9.65. The minimum absolute atomic E-state index is 0.223. The second-order valence-electron chi connectivity index (χ2n) is 3.54. The molecular formula is C12H13NO4. The number of ketones is 1. The fraction of sp³-hybridized carbons (Fsp3) is 0.250. The number of Topliss-reactive ketones (excluding diaryl/α,β-unsaturated/α-hetero) is 1. The van der Waals surface area contributed by atoms with Crippen molar-refractivity contribution in [1.29, 1.82) is 0 Å². The van der Waals surface area contributed by atoms with Gasteiger partial charge < -0.3 is 10.1 Å². The van der Waals surface area contributed by atoms with E-state index in [1.165, 1.54) is 19.9 Å². The molecule has 0 atom stereocenters. The third-order valence-corrected chi connectivity index (χ3v) is 1.83. The highest BCUT2D eigenvalue weighted by molar-refractivity contribution is 5.94. The molecule has 0 saturated carbocycles. The number of amides is 1. The first kappa shape index (κ1) is 12.9. The van der Waals surface area contributed by atoms with Crippen molar-refractivity contribution in [2.75, 3.05) is 11.9 Å². The smallest absolute Gasteiger partial charge is 0.338 e. The van der Waals surface area contributed by atoms with Gasteiger partial charge in [0.25, 0.3) is 0 Å². The molecule has 0 aliphatic carbocycles. The van der Waals surface area contributed by atoms with Crippen molar-refractivity contribution >= 4 is 23.3 Å². The quantitative estimate of drug-likeness (QED) is 0.800. The van der Waals surface area contributed by atoms with Crippen LogP contribution in [0, 0.1) is 0 Å². The van der Waals surface area contributed by atoms with E-state index in [-0.39, 0.29) is 23.9 Å². The van der Waals surface area contributed by atoms with Gasteiger partial charge in [-0.05, 0) is 25.1 Å². The topological polar surface area (TPSA) is 72.5 Å². The van der Waals surface area contributed by atoms with Crippen LogP contribution in [0.25, 0.3) is 0 Å². The number of anilines is 1. The fourth-order valence-corrected chi connectivity index (χ4v) is 1.18. The summed E-state index contributed by atoms with van der Waals surface area (Å²) >= 11 is 0. The lowest BCUT2D eigenvalue weighted by Crippen LogP contribution is -2.12. The van der Waals surface area contributed by atoms with Crippen molar-refractivity contribution in [2.24, 2.45) is 0 Å². The summed E-state index contributed by atoms with van der Waals surface area (Å²) in [7, 11) is 0. The lowest BCUT2D eigenvalue weighted by atomic mass is 10.2. The summed E-state index contributed by atoms with van der Waals surface area (Å²) in [6.07, 6.45) is 0. The summed E-state index contributed by atoms with van der Waals surface area (Å²) in [5.74, 6) is -1.04. The van der Waals surface area contributed by atoms with E-state index in [2.05, 4.69) is 5.32 Å². The van der Waals surface area contributed by atoms with Crippen LogP contribution < -0.4 is 5.32 Å². The number of carbonyl (C=O) groups is 3. The molecule has 0 heterocycles. The first-order valence-electron chi connectivity index (χ1n) is 5.03. The molecule has 5 heteroatoms. The van der Waals surface area contributed by atoms with Gasteiger partial charge in [-0.2, -0.15) is 0 Å². The van der Waals surface area contributed by atoms with Gasteiger partial charge in [0.15, 0.2) is 5.78 Å². The van der Waals surface area contributed by atoms with Crippen LogP contribution in [-0.2, 0) is 14.3 Å². The monoisotopic (exact) mass is 235 g/mol. The molecule has 1 rings (SSSR count). The highest BCUT2D eigenvalue weighted by atomic mass is 16.5. The Morgan fingerprint density at radius 3 is 2.53 bits per heavy atom. The van der Waals surface area contributed by atoms with E-state index in [1.807, 2.05) is 0 Å². The molecule has 0 saturated heterocycles. The van der Waals surface area contributed by atoms with E-state index < -0.39 is 5.97 Å². The van der Waals surface area contributed by atoms with Crippen molar-refractivity contribution in [3.05, 3.63) is 29.8 Å². The summed E-state index contributed by atoms with van der Waals surface area (Å²) in [6.45, 7) is 2.46. The SMILES string of the molecule is CC(=O)COC(=O)c1cccc(NC(C)=O)c1. The third kappa shape index (κ3) is 4.46. The average Bonchev–Trinajstić information content (AvgIpc) is 2.25. The maximum Gasteiger partial charge on any atom is 0.338 e. The van der Waals surface area contributed by atoms with Crippen LogP contribution in [0.3, 0.4) is 0 Å². The van der Waals surface area contributed by atoms with Crippen LogP contribution in [0.5, 0.6) is 0 Å². The molecule has 1 aromatic rings. The summed E-state index contributed by atoms with van der Waals surface area (Å²) in [4.78, 5) is 33.0. The van der Waals surface area contributed by atoms with Gasteiger partial charge in [0.2, 0.25) is 5.91 Å². The Hall–Kier alpha value is -2.17. The largest absolute Gasteiger partial charge is 0.454 e. The summed E-state index contributed by atoms with van der Waals surface area (Å²) < 4.78 is 4.75. The van der Waals surface area contributed by atoms with Gasteiger partial charge in [-0.3, -0.25) is 9.59 Å². The van der Waals surface area contributed by atoms with Gasteiger partial charge in [0.05, 0.1) is 5.56 Å². The molecule has 1 amide bonds. The predicted molar refractivity (Wildman–Crippen MR) is 61.7 cm³/mol. The zero-order chi connectivity index (χ0) is 12.8. The van der Waals surface area contributed by atoms with Gasteiger partial charge in [0.1, 0.15) is 6.61 Å². The standard InChI is InChI=1S/C12H13NO4/c1-8(14)7-17-12(16)10-4-3-5-11(6-10)13-9(2)15/h3-6H,7H2,1-2H3,(H,13,15). The van der Waals surface area contributed by atoms with Crippen LogP contribution >= 0.6 is 0 Å². The number of esters is 1. The number of hydrogen-bond donors (Lipinski definition) is 1. The average molecular weight is 235 g/mol. The molecule has 0 fully saturated rings. The van der Waals surface area contributed by atoms with Crippen molar-refractivity contribution in [3.8, 4) is 0 Å². The Morgan fingerprint density at radius 2 is 1.94 bits per heavy atom. The maximum atomic E-state index is 11.5. The number of nitrogens with one attached hydrogen (secondary N) is 1. The Labute approximate surface area is 98.8 Å². The molecule has 17 heavy (non-hydrogen) atoms. The summed E-state index contributed by atoms with van der Waals surface area (Å²) in [5, 5.41) is 2.55. The molecule has 0 aliphatic heterocycles. The first-order valence-corrected chi connectivity index (χ1v) is 5.03. The van der Waals surface area contributed by atoms with Crippen molar-refractivity contribution in [1.82, 2.24) is 0 Å². The Bertz CT molecular complexity index is 454. The van der Waals surface area contributed by atoms with E-state index in [1.54, 1.807) is 18.2 Å². The molecule has 0 unspecified atom stereocenters. The minimum atomic E-state index is -0.590.